The van der Waals surface area contributed by atoms with E-state index in [4.69, 9.17) is 9.47 Å². The van der Waals surface area contributed by atoms with E-state index in [0.29, 0.717) is 30.7 Å². The first-order chi connectivity index (χ1) is 15.2. The van der Waals surface area contributed by atoms with E-state index in [9.17, 15) is 9.90 Å². The molecule has 0 amide bonds. The summed E-state index contributed by atoms with van der Waals surface area (Å²) in [5.41, 5.74) is 2.73. The lowest BCUT2D eigenvalue weighted by molar-refractivity contribution is -0.0395. The van der Waals surface area contributed by atoms with Gasteiger partial charge in [0.05, 0.1) is 43.1 Å². The Bertz CT molecular complexity index is 1300. The first-order valence-corrected chi connectivity index (χ1v) is 10.6. The number of hydrogen-bond donors (Lipinski definition) is 1. The topological polar surface area (TPSA) is 86.5 Å². The van der Waals surface area contributed by atoms with E-state index in [0.717, 1.165) is 39.9 Å². The number of pyridine rings is 1. The van der Waals surface area contributed by atoms with Crippen LogP contribution in [0.4, 0.5) is 0 Å². The molecular weight excluding hydrogens is 394 g/mol. The molecule has 0 radical (unpaired) electrons. The minimum atomic E-state index is -0.715. The number of ether oxygens (including phenoxy) is 2. The van der Waals surface area contributed by atoms with Crippen LogP contribution in [0.2, 0.25) is 0 Å². The largest absolute Gasteiger partial charge is 0.481 e. The molecule has 2 aliphatic rings. The third-order valence-electron chi connectivity index (χ3n) is 6.15. The van der Waals surface area contributed by atoms with E-state index in [1.807, 2.05) is 24.4 Å². The molecule has 1 fully saturated rings. The van der Waals surface area contributed by atoms with Crippen LogP contribution >= 0.6 is 0 Å². The lowest BCUT2D eigenvalue weighted by Crippen LogP contribution is -2.40. The van der Waals surface area contributed by atoms with Crippen LogP contribution in [-0.2, 0) is 11.2 Å². The van der Waals surface area contributed by atoms with Gasteiger partial charge in [-0.2, -0.15) is 0 Å². The summed E-state index contributed by atoms with van der Waals surface area (Å²) < 4.78 is 12.1. The normalized spacial score (nSPS) is 20.6. The van der Waals surface area contributed by atoms with Gasteiger partial charge in [0.2, 0.25) is 5.88 Å². The van der Waals surface area contributed by atoms with Crippen molar-refractivity contribution in [3.8, 4) is 5.88 Å². The molecule has 31 heavy (non-hydrogen) atoms. The SMILES string of the molecule is COc1ccc(Cc2cc3c(=O)n([C@H]4CCOC[C@@H]4O)cnc3c3c2=CCCC=3)cn1. The molecule has 2 aromatic heterocycles. The van der Waals surface area contributed by atoms with Crippen LogP contribution in [0.3, 0.4) is 0 Å². The van der Waals surface area contributed by atoms with Crippen molar-refractivity contribution < 1.29 is 14.6 Å². The second-order valence-corrected chi connectivity index (χ2v) is 8.09. The van der Waals surface area contributed by atoms with Gasteiger partial charge in [0.25, 0.3) is 5.56 Å². The molecule has 3 heterocycles. The molecular formula is C24H25N3O4. The van der Waals surface area contributed by atoms with Gasteiger partial charge < -0.3 is 14.6 Å². The zero-order chi connectivity index (χ0) is 21.4. The molecule has 1 saturated heterocycles. The van der Waals surface area contributed by atoms with E-state index in [-0.39, 0.29) is 18.2 Å². The molecule has 160 valence electrons. The van der Waals surface area contributed by atoms with Crippen molar-refractivity contribution in [3.63, 3.8) is 0 Å². The fourth-order valence-corrected chi connectivity index (χ4v) is 4.56. The van der Waals surface area contributed by atoms with Crippen molar-refractivity contribution in [3.05, 3.63) is 62.6 Å². The lowest BCUT2D eigenvalue weighted by Gasteiger charge is -2.29. The van der Waals surface area contributed by atoms with Gasteiger partial charge in [-0.05, 0) is 48.1 Å². The van der Waals surface area contributed by atoms with E-state index < -0.39 is 6.10 Å². The molecule has 1 aliphatic carbocycles. The number of methoxy groups -OCH3 is 1. The van der Waals surface area contributed by atoms with Gasteiger partial charge in [0.1, 0.15) is 0 Å². The Morgan fingerprint density at radius 1 is 1.23 bits per heavy atom. The minimum absolute atomic E-state index is 0.119. The quantitative estimate of drug-likeness (QED) is 0.681. The Hall–Kier alpha value is -3.03. The average Bonchev–Trinajstić information content (AvgIpc) is 2.81. The monoisotopic (exact) mass is 419 g/mol. The van der Waals surface area contributed by atoms with Crippen molar-refractivity contribution in [2.24, 2.45) is 0 Å². The number of aromatic nitrogens is 3. The summed E-state index contributed by atoms with van der Waals surface area (Å²) in [7, 11) is 1.60. The van der Waals surface area contributed by atoms with Crippen molar-refractivity contribution in [2.75, 3.05) is 20.3 Å². The Morgan fingerprint density at radius 2 is 2.06 bits per heavy atom. The zero-order valence-corrected chi connectivity index (χ0v) is 17.5. The van der Waals surface area contributed by atoms with E-state index in [2.05, 4.69) is 22.1 Å². The predicted octanol–water partition coefficient (Wildman–Crippen LogP) is 1.07. The van der Waals surface area contributed by atoms with E-state index >= 15 is 0 Å². The van der Waals surface area contributed by atoms with Gasteiger partial charge in [-0.3, -0.25) is 9.36 Å². The third-order valence-corrected chi connectivity index (χ3v) is 6.15. The summed E-state index contributed by atoms with van der Waals surface area (Å²) in [5.74, 6) is 0.575. The fourth-order valence-electron chi connectivity index (χ4n) is 4.56. The molecule has 2 atom stereocenters. The van der Waals surface area contributed by atoms with Crippen LogP contribution in [0.15, 0.2) is 35.5 Å². The summed E-state index contributed by atoms with van der Waals surface area (Å²) in [5, 5.41) is 13.1. The van der Waals surface area contributed by atoms with Crippen LogP contribution in [0.25, 0.3) is 23.1 Å². The summed E-state index contributed by atoms with van der Waals surface area (Å²) in [4.78, 5) is 22.4. The van der Waals surface area contributed by atoms with Crippen LogP contribution in [-0.4, -0.2) is 46.1 Å². The van der Waals surface area contributed by atoms with Crippen molar-refractivity contribution in [1.29, 1.82) is 0 Å². The number of rotatable bonds is 4. The standard InChI is InChI=1S/C24H25N3O4/c1-30-22-7-6-15(12-25-22)10-16-11-19-23(18-5-3-2-4-17(16)18)26-14-27(24(19)29)20-8-9-31-13-21(20)28/h4-7,11-12,14,20-21,28H,2-3,8-10,13H2,1H3/t20-,21-/m0/s1. The maximum absolute atomic E-state index is 13.5. The second kappa shape index (κ2) is 8.24. The molecule has 7 nitrogen and oxygen atoms in total. The summed E-state index contributed by atoms with van der Waals surface area (Å²) >= 11 is 0. The highest BCUT2D eigenvalue weighted by molar-refractivity contribution is 5.80. The van der Waals surface area contributed by atoms with Gasteiger partial charge in [-0.15, -0.1) is 0 Å². The zero-order valence-electron chi connectivity index (χ0n) is 17.5. The molecule has 0 spiro atoms. The van der Waals surface area contributed by atoms with Gasteiger partial charge in [0, 0.05) is 24.1 Å². The summed E-state index contributed by atoms with van der Waals surface area (Å²) in [6, 6.07) is 5.49. The molecule has 1 aliphatic heterocycles. The molecule has 3 aromatic rings. The highest BCUT2D eigenvalue weighted by Gasteiger charge is 2.27. The number of nitrogens with zero attached hydrogens (tertiary/aromatic N) is 3. The smallest absolute Gasteiger partial charge is 0.261 e. The number of hydrogen-bond acceptors (Lipinski definition) is 6. The Labute approximate surface area is 179 Å². The van der Waals surface area contributed by atoms with Gasteiger partial charge in [-0.25, -0.2) is 9.97 Å². The number of aliphatic hydroxyl groups excluding tert-OH is 1. The minimum Gasteiger partial charge on any atom is -0.481 e. The molecule has 1 N–H and O–H groups in total. The van der Waals surface area contributed by atoms with Crippen LogP contribution in [0.5, 0.6) is 5.88 Å². The average molecular weight is 419 g/mol. The molecule has 0 saturated carbocycles. The van der Waals surface area contributed by atoms with Crippen LogP contribution < -0.4 is 20.7 Å². The van der Waals surface area contributed by atoms with Crippen molar-refractivity contribution in [2.45, 2.75) is 37.8 Å². The summed E-state index contributed by atoms with van der Waals surface area (Å²) in [6.45, 7) is 0.757. The van der Waals surface area contributed by atoms with E-state index in [1.54, 1.807) is 18.0 Å². The van der Waals surface area contributed by atoms with Crippen molar-refractivity contribution >= 4 is 23.1 Å². The first-order valence-electron chi connectivity index (χ1n) is 10.6. The first kappa shape index (κ1) is 19.9. The molecule has 0 unspecified atom stereocenters. The van der Waals surface area contributed by atoms with Crippen LogP contribution in [0, 0.1) is 0 Å². The summed E-state index contributed by atoms with van der Waals surface area (Å²) in [6.07, 6.45) is 10.2. The molecule has 5 rings (SSSR count). The highest BCUT2D eigenvalue weighted by atomic mass is 16.5. The maximum atomic E-state index is 13.5. The van der Waals surface area contributed by atoms with Crippen molar-refractivity contribution in [1.82, 2.24) is 14.5 Å². The Kier molecular flexibility index (Phi) is 5.29. The number of aliphatic hydroxyl groups is 1. The predicted molar refractivity (Wildman–Crippen MR) is 117 cm³/mol. The molecule has 0 bridgehead atoms. The van der Waals surface area contributed by atoms with Gasteiger partial charge in [-0.1, -0.05) is 18.2 Å². The van der Waals surface area contributed by atoms with E-state index in [1.165, 1.54) is 0 Å². The fraction of sp³-hybridized carbons (Fsp3) is 0.375. The molecule has 7 heteroatoms. The Morgan fingerprint density at radius 3 is 2.81 bits per heavy atom. The number of fused-ring (bicyclic) bond motifs is 3. The third kappa shape index (κ3) is 3.64. The van der Waals surface area contributed by atoms with Gasteiger partial charge >= 0.3 is 0 Å². The lowest BCUT2D eigenvalue weighted by atomic mass is 9.96. The van der Waals surface area contributed by atoms with Gasteiger partial charge in [0.15, 0.2) is 0 Å². The second-order valence-electron chi connectivity index (χ2n) is 8.09. The molecule has 1 aromatic carbocycles. The van der Waals surface area contributed by atoms with Crippen LogP contribution in [0.1, 0.15) is 36.4 Å². The maximum Gasteiger partial charge on any atom is 0.261 e. The highest BCUT2D eigenvalue weighted by Crippen LogP contribution is 2.20. The number of benzene rings is 1. The Balaban J connectivity index is 1.67.